The molecule has 0 fully saturated rings. The van der Waals surface area contributed by atoms with Gasteiger partial charge in [0, 0.05) is 10.7 Å². The van der Waals surface area contributed by atoms with Gasteiger partial charge in [0.05, 0.1) is 0 Å². The van der Waals surface area contributed by atoms with E-state index in [-0.39, 0.29) is 6.04 Å². The summed E-state index contributed by atoms with van der Waals surface area (Å²) < 4.78 is 1.37. The molecule has 0 bridgehead atoms. The van der Waals surface area contributed by atoms with Crippen LogP contribution in [0.1, 0.15) is 26.3 Å². The van der Waals surface area contributed by atoms with Gasteiger partial charge in [-0.2, -0.15) is 0 Å². The van der Waals surface area contributed by atoms with Crippen LogP contribution in [-0.2, 0) is 6.42 Å². The summed E-state index contributed by atoms with van der Waals surface area (Å²) in [6, 6.07) is 8.84. The van der Waals surface area contributed by atoms with Gasteiger partial charge in [-0.05, 0) is 40.7 Å². The van der Waals surface area contributed by atoms with Crippen LogP contribution in [0, 0.1) is 11.8 Å². The van der Waals surface area contributed by atoms with Crippen molar-refractivity contribution in [2.45, 2.75) is 33.2 Å². The SMILES string of the molecule is CC(C)C(C)C(N)Cc1csc2ccccc12. The fourth-order valence-electron chi connectivity index (χ4n) is 2.13. The molecule has 0 saturated carbocycles. The van der Waals surface area contributed by atoms with Crippen molar-refractivity contribution in [2.75, 3.05) is 0 Å². The quantitative estimate of drug-likeness (QED) is 0.866. The minimum Gasteiger partial charge on any atom is -0.327 e. The molecule has 1 aromatic carbocycles. The lowest BCUT2D eigenvalue weighted by atomic mass is 9.87. The van der Waals surface area contributed by atoms with Crippen molar-refractivity contribution in [2.24, 2.45) is 17.6 Å². The molecule has 1 aromatic heterocycles. The third-order valence-corrected chi connectivity index (χ3v) is 4.76. The van der Waals surface area contributed by atoms with Gasteiger partial charge < -0.3 is 5.73 Å². The Morgan fingerprint density at radius 3 is 2.59 bits per heavy atom. The fraction of sp³-hybridized carbons (Fsp3) is 0.467. The number of rotatable bonds is 4. The molecule has 0 aliphatic carbocycles. The first kappa shape index (κ1) is 12.6. The van der Waals surface area contributed by atoms with Crippen LogP contribution in [0.4, 0.5) is 0 Å². The smallest absolute Gasteiger partial charge is 0.0345 e. The van der Waals surface area contributed by atoms with Crippen molar-refractivity contribution < 1.29 is 0 Å². The minimum atomic E-state index is 0.257. The van der Waals surface area contributed by atoms with Gasteiger partial charge in [-0.15, -0.1) is 11.3 Å². The zero-order valence-corrected chi connectivity index (χ0v) is 11.6. The maximum atomic E-state index is 6.31. The number of hydrogen-bond donors (Lipinski definition) is 1. The molecule has 17 heavy (non-hydrogen) atoms. The summed E-state index contributed by atoms with van der Waals surface area (Å²) in [6.07, 6.45) is 0.989. The first-order valence-corrected chi connectivity index (χ1v) is 7.18. The third kappa shape index (κ3) is 2.70. The second kappa shape index (κ2) is 5.19. The molecule has 0 spiro atoms. The monoisotopic (exact) mass is 247 g/mol. The normalized spacial score (nSPS) is 15.4. The highest BCUT2D eigenvalue weighted by molar-refractivity contribution is 7.17. The highest BCUT2D eigenvalue weighted by Crippen LogP contribution is 2.28. The van der Waals surface area contributed by atoms with Gasteiger partial charge in [-0.1, -0.05) is 39.0 Å². The predicted octanol–water partition coefficient (Wildman–Crippen LogP) is 4.06. The standard InChI is InChI=1S/C15H21NS/c1-10(2)11(3)14(16)8-12-9-17-15-7-5-4-6-13(12)15/h4-7,9-11,14H,8,16H2,1-3H3. The van der Waals surface area contributed by atoms with Gasteiger partial charge >= 0.3 is 0 Å². The summed E-state index contributed by atoms with van der Waals surface area (Å²) in [5, 5.41) is 3.64. The van der Waals surface area contributed by atoms with E-state index in [0.29, 0.717) is 11.8 Å². The van der Waals surface area contributed by atoms with Gasteiger partial charge in [0.1, 0.15) is 0 Å². The van der Waals surface area contributed by atoms with Gasteiger partial charge in [-0.3, -0.25) is 0 Å². The highest BCUT2D eigenvalue weighted by atomic mass is 32.1. The van der Waals surface area contributed by atoms with Crippen LogP contribution in [0.2, 0.25) is 0 Å². The predicted molar refractivity (Wildman–Crippen MR) is 77.5 cm³/mol. The Hall–Kier alpha value is -0.860. The second-order valence-corrected chi connectivity index (χ2v) is 6.14. The molecule has 0 radical (unpaired) electrons. The first-order valence-electron chi connectivity index (χ1n) is 6.30. The average Bonchev–Trinajstić information content (AvgIpc) is 2.71. The van der Waals surface area contributed by atoms with Crippen molar-refractivity contribution in [1.29, 1.82) is 0 Å². The zero-order valence-electron chi connectivity index (χ0n) is 10.8. The summed E-state index contributed by atoms with van der Waals surface area (Å²) in [7, 11) is 0. The summed E-state index contributed by atoms with van der Waals surface area (Å²) >= 11 is 1.82. The summed E-state index contributed by atoms with van der Waals surface area (Å²) in [4.78, 5) is 0. The largest absolute Gasteiger partial charge is 0.327 e. The molecule has 0 aliphatic rings. The molecule has 2 unspecified atom stereocenters. The molecule has 1 nitrogen and oxygen atoms in total. The van der Waals surface area contributed by atoms with Crippen molar-refractivity contribution >= 4 is 21.4 Å². The van der Waals surface area contributed by atoms with E-state index in [0.717, 1.165) is 6.42 Å². The van der Waals surface area contributed by atoms with E-state index in [9.17, 15) is 0 Å². The van der Waals surface area contributed by atoms with Crippen LogP contribution < -0.4 is 5.73 Å². The van der Waals surface area contributed by atoms with E-state index in [4.69, 9.17) is 5.73 Å². The van der Waals surface area contributed by atoms with Crippen LogP contribution in [0.25, 0.3) is 10.1 Å². The van der Waals surface area contributed by atoms with Crippen LogP contribution in [0.15, 0.2) is 29.6 Å². The van der Waals surface area contributed by atoms with Gasteiger partial charge in [0.25, 0.3) is 0 Å². The number of thiophene rings is 1. The summed E-state index contributed by atoms with van der Waals surface area (Å²) in [6.45, 7) is 6.75. The Morgan fingerprint density at radius 2 is 1.88 bits per heavy atom. The van der Waals surface area contributed by atoms with E-state index in [1.54, 1.807) is 0 Å². The molecule has 2 atom stereocenters. The molecule has 0 saturated heterocycles. The Bertz CT molecular complexity index is 486. The maximum Gasteiger partial charge on any atom is 0.0345 e. The molecule has 1 heterocycles. The van der Waals surface area contributed by atoms with Gasteiger partial charge in [0.15, 0.2) is 0 Å². The molecular weight excluding hydrogens is 226 g/mol. The van der Waals surface area contributed by atoms with Crippen LogP contribution in [0.5, 0.6) is 0 Å². The average molecular weight is 247 g/mol. The maximum absolute atomic E-state index is 6.31. The fourth-order valence-corrected chi connectivity index (χ4v) is 3.10. The number of hydrogen-bond acceptors (Lipinski definition) is 2. The lowest BCUT2D eigenvalue weighted by molar-refractivity contribution is 0.345. The molecular formula is C15H21NS. The molecule has 2 heteroatoms. The van der Waals surface area contributed by atoms with Gasteiger partial charge in [-0.25, -0.2) is 0 Å². The lowest BCUT2D eigenvalue weighted by Gasteiger charge is -2.23. The number of fused-ring (bicyclic) bond motifs is 1. The van der Waals surface area contributed by atoms with Crippen LogP contribution >= 0.6 is 11.3 Å². The minimum absolute atomic E-state index is 0.257. The Kier molecular flexibility index (Phi) is 3.85. The molecule has 2 aromatic rings. The number of benzene rings is 1. The Balaban J connectivity index is 2.18. The molecule has 2 N–H and O–H groups in total. The summed E-state index contributed by atoms with van der Waals surface area (Å²) in [5.41, 5.74) is 7.71. The lowest BCUT2D eigenvalue weighted by Crippen LogP contribution is -2.33. The van der Waals surface area contributed by atoms with E-state index in [1.807, 2.05) is 11.3 Å². The number of nitrogens with two attached hydrogens (primary N) is 1. The van der Waals surface area contributed by atoms with Crippen molar-refractivity contribution in [3.8, 4) is 0 Å². The van der Waals surface area contributed by atoms with Crippen LogP contribution in [-0.4, -0.2) is 6.04 Å². The molecule has 2 rings (SSSR count). The van der Waals surface area contributed by atoms with E-state index >= 15 is 0 Å². The van der Waals surface area contributed by atoms with Crippen LogP contribution in [0.3, 0.4) is 0 Å². The first-order chi connectivity index (χ1) is 8.09. The topological polar surface area (TPSA) is 26.0 Å². The van der Waals surface area contributed by atoms with E-state index in [1.165, 1.54) is 15.6 Å². The Labute approximate surface area is 108 Å². The Morgan fingerprint density at radius 1 is 1.18 bits per heavy atom. The molecule has 0 aliphatic heterocycles. The van der Waals surface area contributed by atoms with E-state index < -0.39 is 0 Å². The highest BCUT2D eigenvalue weighted by Gasteiger charge is 2.17. The zero-order chi connectivity index (χ0) is 12.4. The van der Waals surface area contributed by atoms with Gasteiger partial charge in [0.2, 0.25) is 0 Å². The van der Waals surface area contributed by atoms with Crippen molar-refractivity contribution in [3.63, 3.8) is 0 Å². The molecule has 0 amide bonds. The van der Waals surface area contributed by atoms with Crippen molar-refractivity contribution in [3.05, 3.63) is 35.2 Å². The molecule has 92 valence electrons. The second-order valence-electron chi connectivity index (χ2n) is 5.23. The van der Waals surface area contributed by atoms with E-state index in [2.05, 4.69) is 50.4 Å². The third-order valence-electron chi connectivity index (χ3n) is 3.74. The summed E-state index contributed by atoms with van der Waals surface area (Å²) in [5.74, 6) is 1.21. The van der Waals surface area contributed by atoms with Crippen molar-refractivity contribution in [1.82, 2.24) is 0 Å².